The van der Waals surface area contributed by atoms with Crippen LogP contribution in [0, 0.1) is 0 Å². The first-order valence-corrected chi connectivity index (χ1v) is 4.36. The highest BCUT2D eigenvalue weighted by Crippen LogP contribution is 2.02. The molecule has 6 heteroatoms. The van der Waals surface area contributed by atoms with Gasteiger partial charge < -0.3 is 11.1 Å². The van der Waals surface area contributed by atoms with E-state index in [0.717, 1.165) is 5.56 Å². The van der Waals surface area contributed by atoms with Crippen molar-refractivity contribution in [2.24, 2.45) is 5.10 Å². The van der Waals surface area contributed by atoms with E-state index in [4.69, 9.17) is 18.0 Å². The summed E-state index contributed by atoms with van der Waals surface area (Å²) in [6, 6.07) is 3.60. The van der Waals surface area contributed by atoms with E-state index in [1.807, 2.05) is 6.07 Å². The summed E-state index contributed by atoms with van der Waals surface area (Å²) >= 11 is 4.82. The average Bonchev–Trinajstić information content (AvgIpc) is 2.20. The number of nitrogens with zero attached hydrogens (tertiary/aromatic N) is 2. The van der Waals surface area contributed by atoms with Gasteiger partial charge in [0.1, 0.15) is 5.82 Å². The van der Waals surface area contributed by atoms with Gasteiger partial charge in [-0.25, -0.2) is 4.98 Å². The van der Waals surface area contributed by atoms with Crippen molar-refractivity contribution in [1.82, 2.24) is 15.7 Å². The molecule has 0 aliphatic rings. The molecule has 4 N–H and O–H groups in total. The molecular formula is C8H11N5S. The maximum atomic E-state index is 5.59. The zero-order valence-electron chi connectivity index (χ0n) is 7.69. The molecule has 14 heavy (non-hydrogen) atoms. The number of thiocarbonyl (C=S) groups is 1. The van der Waals surface area contributed by atoms with Gasteiger partial charge in [0.25, 0.3) is 0 Å². The molecule has 0 amide bonds. The molecule has 1 aromatic heterocycles. The van der Waals surface area contributed by atoms with Crippen LogP contribution in [-0.4, -0.2) is 23.4 Å². The molecule has 0 saturated carbocycles. The monoisotopic (exact) mass is 209 g/mol. The largest absolute Gasteiger partial charge is 0.383 e. The Labute approximate surface area is 87.4 Å². The number of rotatable bonds is 2. The van der Waals surface area contributed by atoms with E-state index in [2.05, 4.69) is 20.8 Å². The molecule has 1 aromatic rings. The van der Waals surface area contributed by atoms with Crippen LogP contribution in [0.25, 0.3) is 0 Å². The molecule has 0 aliphatic heterocycles. The minimum atomic E-state index is 0.438. The summed E-state index contributed by atoms with van der Waals surface area (Å²) in [5, 5.41) is 7.05. The molecule has 0 unspecified atom stereocenters. The van der Waals surface area contributed by atoms with Crippen molar-refractivity contribution < 1.29 is 0 Å². The summed E-state index contributed by atoms with van der Waals surface area (Å²) in [6.45, 7) is 0. The van der Waals surface area contributed by atoms with E-state index >= 15 is 0 Å². The van der Waals surface area contributed by atoms with Gasteiger partial charge >= 0.3 is 0 Å². The highest BCUT2D eigenvalue weighted by Gasteiger charge is 1.93. The van der Waals surface area contributed by atoms with E-state index in [0.29, 0.717) is 10.9 Å². The predicted molar refractivity (Wildman–Crippen MR) is 61.0 cm³/mol. The fourth-order valence-electron chi connectivity index (χ4n) is 0.755. The van der Waals surface area contributed by atoms with Crippen LogP contribution in [0.1, 0.15) is 5.56 Å². The van der Waals surface area contributed by atoms with Crippen LogP contribution >= 0.6 is 12.2 Å². The van der Waals surface area contributed by atoms with Gasteiger partial charge in [-0.1, -0.05) is 0 Å². The molecule has 0 saturated heterocycles. The van der Waals surface area contributed by atoms with Crippen LogP contribution < -0.4 is 16.5 Å². The lowest BCUT2D eigenvalue weighted by Crippen LogP contribution is -2.28. The summed E-state index contributed by atoms with van der Waals surface area (Å²) in [5.74, 6) is 0.438. The number of nitrogens with two attached hydrogens (primary N) is 1. The zero-order valence-corrected chi connectivity index (χ0v) is 8.51. The first-order chi connectivity index (χ1) is 6.74. The first kappa shape index (κ1) is 10.4. The number of nitrogen functional groups attached to an aromatic ring is 1. The number of hydrogen-bond donors (Lipinski definition) is 3. The van der Waals surface area contributed by atoms with Crippen LogP contribution in [0.4, 0.5) is 5.82 Å². The first-order valence-electron chi connectivity index (χ1n) is 3.95. The van der Waals surface area contributed by atoms with Gasteiger partial charge in [0, 0.05) is 18.8 Å². The Balaban J connectivity index is 2.60. The molecule has 74 valence electrons. The molecule has 0 bridgehead atoms. The fraction of sp³-hybridized carbons (Fsp3) is 0.125. The third kappa shape index (κ3) is 2.98. The van der Waals surface area contributed by atoms with Crippen LogP contribution in [0.5, 0.6) is 0 Å². The summed E-state index contributed by atoms with van der Waals surface area (Å²) in [7, 11) is 1.71. The maximum absolute atomic E-state index is 5.59. The zero-order chi connectivity index (χ0) is 10.4. The molecule has 0 spiro atoms. The molecule has 1 rings (SSSR count). The fourth-order valence-corrected chi connectivity index (χ4v) is 0.808. The highest BCUT2D eigenvalue weighted by molar-refractivity contribution is 7.80. The highest BCUT2D eigenvalue weighted by atomic mass is 32.1. The lowest BCUT2D eigenvalue weighted by atomic mass is 10.3. The van der Waals surface area contributed by atoms with E-state index in [9.17, 15) is 0 Å². The standard InChI is InChI=1S/C8H11N5S/c1-10-8(14)13-12-5-6-3-2-4-11-7(6)9/h2-5H,1H3,(H2,9,11)(H2,10,13,14). The Morgan fingerprint density at radius 2 is 2.50 bits per heavy atom. The number of hydrazone groups is 1. The normalized spacial score (nSPS) is 10.1. The molecular weight excluding hydrogens is 198 g/mol. The molecule has 0 fully saturated rings. The lowest BCUT2D eigenvalue weighted by Gasteiger charge is -2.00. The maximum Gasteiger partial charge on any atom is 0.186 e. The van der Waals surface area contributed by atoms with Crippen molar-refractivity contribution in [3.63, 3.8) is 0 Å². The van der Waals surface area contributed by atoms with Gasteiger partial charge in [-0.2, -0.15) is 5.10 Å². The minimum Gasteiger partial charge on any atom is -0.383 e. The molecule has 0 aromatic carbocycles. The van der Waals surface area contributed by atoms with Gasteiger partial charge in [-0.05, 0) is 24.4 Å². The van der Waals surface area contributed by atoms with Gasteiger partial charge in [0.15, 0.2) is 5.11 Å². The Hall–Kier alpha value is -1.69. The Morgan fingerprint density at radius 3 is 3.14 bits per heavy atom. The van der Waals surface area contributed by atoms with E-state index in [1.165, 1.54) is 0 Å². The second-order valence-electron chi connectivity index (χ2n) is 2.43. The Kier molecular flexibility index (Phi) is 3.81. The molecule has 0 aliphatic carbocycles. The third-order valence-corrected chi connectivity index (χ3v) is 1.76. The molecule has 0 radical (unpaired) electrons. The van der Waals surface area contributed by atoms with Crippen LogP contribution in [-0.2, 0) is 0 Å². The van der Waals surface area contributed by atoms with E-state index < -0.39 is 0 Å². The summed E-state index contributed by atoms with van der Waals surface area (Å²) in [6.07, 6.45) is 3.18. The average molecular weight is 209 g/mol. The third-order valence-electron chi connectivity index (χ3n) is 1.47. The number of hydrogen-bond acceptors (Lipinski definition) is 4. The molecule has 1 heterocycles. The van der Waals surface area contributed by atoms with Crippen LogP contribution in [0.3, 0.4) is 0 Å². The van der Waals surface area contributed by atoms with Gasteiger partial charge in [-0.3, -0.25) is 5.43 Å². The van der Waals surface area contributed by atoms with Crippen LogP contribution in [0.15, 0.2) is 23.4 Å². The van der Waals surface area contributed by atoms with Gasteiger partial charge in [0.2, 0.25) is 0 Å². The number of pyridine rings is 1. The van der Waals surface area contributed by atoms with Gasteiger partial charge in [-0.15, -0.1) is 0 Å². The van der Waals surface area contributed by atoms with Gasteiger partial charge in [0.05, 0.1) is 6.21 Å². The van der Waals surface area contributed by atoms with Crippen molar-refractivity contribution >= 4 is 29.4 Å². The number of nitrogens with one attached hydrogen (secondary N) is 2. The van der Waals surface area contributed by atoms with Crippen molar-refractivity contribution in [2.45, 2.75) is 0 Å². The second kappa shape index (κ2) is 5.13. The van der Waals surface area contributed by atoms with Crippen molar-refractivity contribution in [3.05, 3.63) is 23.9 Å². The Morgan fingerprint density at radius 1 is 1.71 bits per heavy atom. The summed E-state index contributed by atoms with van der Waals surface area (Å²) in [5.41, 5.74) is 8.95. The van der Waals surface area contributed by atoms with E-state index in [-0.39, 0.29) is 0 Å². The quantitative estimate of drug-likeness (QED) is 0.366. The predicted octanol–water partition coefficient (Wildman–Crippen LogP) is 0.0916. The summed E-state index contributed by atoms with van der Waals surface area (Å²) < 4.78 is 0. The summed E-state index contributed by atoms with van der Waals surface area (Å²) in [4.78, 5) is 3.91. The SMILES string of the molecule is CNC(=S)NN=Cc1cccnc1N. The van der Waals surface area contributed by atoms with Crippen LogP contribution in [0.2, 0.25) is 0 Å². The van der Waals surface area contributed by atoms with Crippen molar-refractivity contribution in [3.8, 4) is 0 Å². The topological polar surface area (TPSA) is 75.3 Å². The van der Waals surface area contributed by atoms with Crippen molar-refractivity contribution in [2.75, 3.05) is 12.8 Å². The molecule has 5 nitrogen and oxygen atoms in total. The number of anilines is 1. The van der Waals surface area contributed by atoms with E-state index in [1.54, 1.807) is 25.5 Å². The molecule has 0 atom stereocenters. The smallest absolute Gasteiger partial charge is 0.186 e. The second-order valence-corrected chi connectivity index (χ2v) is 2.84. The Bertz CT molecular complexity index is 349. The lowest BCUT2D eigenvalue weighted by molar-refractivity contribution is 0.982. The van der Waals surface area contributed by atoms with Crippen molar-refractivity contribution in [1.29, 1.82) is 0 Å². The minimum absolute atomic E-state index is 0.438. The number of aromatic nitrogens is 1.